The third-order valence-electron chi connectivity index (χ3n) is 5.39. The molecule has 0 unspecified atom stereocenters. The topological polar surface area (TPSA) is 81.2 Å². The molecule has 0 aliphatic rings. The Balaban J connectivity index is 1.55. The molecule has 0 bridgehead atoms. The van der Waals surface area contributed by atoms with Gasteiger partial charge in [0, 0.05) is 16.5 Å². The monoisotopic (exact) mass is 479 g/mol. The molecule has 0 saturated carbocycles. The van der Waals surface area contributed by atoms with Gasteiger partial charge in [0.15, 0.2) is 5.13 Å². The van der Waals surface area contributed by atoms with Crippen LogP contribution in [0.15, 0.2) is 91.0 Å². The number of ether oxygens (including phenoxy) is 1. The number of carbonyl (C=O) groups is 2. The summed E-state index contributed by atoms with van der Waals surface area (Å²) in [5, 5.41) is 3.94. The van der Waals surface area contributed by atoms with Crippen LogP contribution in [-0.2, 0) is 4.74 Å². The predicted octanol–water partition coefficient (Wildman–Crippen LogP) is 6.45. The zero-order valence-electron chi connectivity index (χ0n) is 18.9. The first-order chi connectivity index (χ1) is 17.1. The van der Waals surface area contributed by atoms with Gasteiger partial charge < -0.3 is 4.74 Å². The van der Waals surface area contributed by atoms with Crippen molar-refractivity contribution in [3.63, 3.8) is 0 Å². The number of anilines is 1. The Kier molecular flexibility index (Phi) is 6.32. The number of thiazole rings is 1. The molecule has 35 heavy (non-hydrogen) atoms. The molecular weight excluding hydrogens is 458 g/mol. The standard InChI is InChI=1S/C28H21N3O3S/c1-2-34-27(33)25-24(19-13-7-4-8-14-19)30-28(35-25)31-26(32)21-17-23(18-11-5-3-6-12-18)29-22-16-10-9-15-20(21)22/h3-17H,2H2,1H3,(H,30,31,32). The Bertz CT molecular complexity index is 1520. The first-order valence-electron chi connectivity index (χ1n) is 11.1. The van der Waals surface area contributed by atoms with Crippen LogP contribution < -0.4 is 5.32 Å². The van der Waals surface area contributed by atoms with E-state index in [2.05, 4.69) is 10.3 Å². The molecule has 0 radical (unpaired) electrons. The second kappa shape index (κ2) is 9.87. The Labute approximate surface area is 206 Å². The zero-order chi connectivity index (χ0) is 24.2. The number of rotatable bonds is 6. The highest BCUT2D eigenvalue weighted by atomic mass is 32.1. The van der Waals surface area contributed by atoms with Crippen molar-refractivity contribution < 1.29 is 14.3 Å². The maximum absolute atomic E-state index is 13.5. The average molecular weight is 480 g/mol. The molecule has 1 amide bonds. The van der Waals surface area contributed by atoms with Gasteiger partial charge in [-0.25, -0.2) is 14.8 Å². The maximum Gasteiger partial charge on any atom is 0.350 e. The summed E-state index contributed by atoms with van der Waals surface area (Å²) < 4.78 is 5.23. The van der Waals surface area contributed by atoms with Crippen LogP contribution in [0.3, 0.4) is 0 Å². The average Bonchev–Trinajstić information content (AvgIpc) is 3.33. The molecule has 2 heterocycles. The van der Waals surface area contributed by atoms with Gasteiger partial charge in [0.1, 0.15) is 4.88 Å². The lowest BCUT2D eigenvalue weighted by atomic mass is 10.0. The van der Waals surface area contributed by atoms with Crippen LogP contribution in [0, 0.1) is 0 Å². The second-order valence-electron chi connectivity index (χ2n) is 7.68. The van der Waals surface area contributed by atoms with Crippen LogP contribution in [0.25, 0.3) is 33.4 Å². The fraction of sp³-hybridized carbons (Fsp3) is 0.0714. The molecule has 0 aliphatic heterocycles. The van der Waals surface area contributed by atoms with Gasteiger partial charge >= 0.3 is 5.97 Å². The largest absolute Gasteiger partial charge is 0.462 e. The van der Waals surface area contributed by atoms with E-state index in [0.29, 0.717) is 27.0 Å². The molecule has 172 valence electrons. The number of fused-ring (bicyclic) bond motifs is 1. The molecule has 0 atom stereocenters. The molecule has 5 aromatic rings. The number of hydrogen-bond donors (Lipinski definition) is 1. The number of pyridine rings is 1. The molecular formula is C28H21N3O3S. The van der Waals surface area contributed by atoms with Gasteiger partial charge in [0.05, 0.1) is 29.1 Å². The summed E-state index contributed by atoms with van der Waals surface area (Å²) in [6.07, 6.45) is 0. The molecule has 5 rings (SSSR count). The van der Waals surface area contributed by atoms with Crippen LogP contribution in [0.5, 0.6) is 0 Å². The number of hydrogen-bond acceptors (Lipinski definition) is 6. The van der Waals surface area contributed by atoms with Crippen molar-refractivity contribution in [2.24, 2.45) is 0 Å². The van der Waals surface area contributed by atoms with Crippen LogP contribution in [0.2, 0.25) is 0 Å². The van der Waals surface area contributed by atoms with Gasteiger partial charge in [0.25, 0.3) is 5.91 Å². The van der Waals surface area contributed by atoms with E-state index in [1.54, 1.807) is 13.0 Å². The minimum atomic E-state index is -0.468. The number of para-hydroxylation sites is 1. The molecule has 0 spiro atoms. The summed E-state index contributed by atoms with van der Waals surface area (Å²) in [5.41, 5.74) is 4.06. The summed E-state index contributed by atoms with van der Waals surface area (Å²) in [6, 6.07) is 28.4. The lowest BCUT2D eigenvalue weighted by Gasteiger charge is -2.09. The van der Waals surface area contributed by atoms with Crippen molar-refractivity contribution in [3.8, 4) is 22.5 Å². The number of aromatic nitrogens is 2. The number of amides is 1. The van der Waals surface area contributed by atoms with Gasteiger partial charge in [-0.15, -0.1) is 0 Å². The van der Waals surface area contributed by atoms with Gasteiger partial charge in [-0.05, 0) is 19.1 Å². The van der Waals surface area contributed by atoms with Gasteiger partial charge in [-0.1, -0.05) is 90.2 Å². The molecule has 6 nitrogen and oxygen atoms in total. The fourth-order valence-corrected chi connectivity index (χ4v) is 4.66. The minimum Gasteiger partial charge on any atom is -0.462 e. The van der Waals surface area contributed by atoms with E-state index >= 15 is 0 Å². The maximum atomic E-state index is 13.5. The van der Waals surface area contributed by atoms with Crippen molar-refractivity contribution >= 4 is 39.2 Å². The molecule has 1 N–H and O–H groups in total. The Morgan fingerprint density at radius 3 is 2.23 bits per heavy atom. The summed E-state index contributed by atoms with van der Waals surface area (Å²) in [5.74, 6) is -0.797. The third kappa shape index (κ3) is 4.67. The molecule has 0 saturated heterocycles. The van der Waals surface area contributed by atoms with Crippen molar-refractivity contribution in [1.29, 1.82) is 0 Å². The lowest BCUT2D eigenvalue weighted by Crippen LogP contribution is -2.13. The molecule has 0 aliphatic carbocycles. The number of nitrogens with one attached hydrogen (secondary N) is 1. The fourth-order valence-electron chi connectivity index (χ4n) is 3.78. The third-order valence-corrected chi connectivity index (χ3v) is 6.34. The first kappa shape index (κ1) is 22.4. The first-order valence-corrected chi connectivity index (χ1v) is 12.0. The van der Waals surface area contributed by atoms with Gasteiger partial charge in [-0.2, -0.15) is 0 Å². The van der Waals surface area contributed by atoms with Crippen LogP contribution in [0.1, 0.15) is 27.0 Å². The van der Waals surface area contributed by atoms with Crippen molar-refractivity contribution in [2.45, 2.75) is 6.92 Å². The number of carbonyl (C=O) groups excluding carboxylic acids is 2. The minimum absolute atomic E-state index is 0.248. The van der Waals surface area contributed by atoms with E-state index in [-0.39, 0.29) is 12.5 Å². The number of esters is 1. The summed E-state index contributed by atoms with van der Waals surface area (Å²) in [6.45, 7) is 2.00. The highest BCUT2D eigenvalue weighted by Crippen LogP contribution is 2.33. The van der Waals surface area contributed by atoms with E-state index in [1.165, 1.54) is 0 Å². The van der Waals surface area contributed by atoms with Crippen LogP contribution in [0.4, 0.5) is 5.13 Å². The van der Waals surface area contributed by atoms with E-state index in [4.69, 9.17) is 9.72 Å². The van der Waals surface area contributed by atoms with Gasteiger partial charge in [0.2, 0.25) is 0 Å². The highest BCUT2D eigenvalue weighted by molar-refractivity contribution is 7.18. The molecule has 2 aromatic heterocycles. The van der Waals surface area contributed by atoms with Gasteiger partial charge in [-0.3, -0.25) is 10.1 Å². The van der Waals surface area contributed by atoms with Crippen molar-refractivity contribution in [2.75, 3.05) is 11.9 Å². The van der Waals surface area contributed by atoms with E-state index in [0.717, 1.165) is 33.4 Å². The van der Waals surface area contributed by atoms with E-state index in [9.17, 15) is 9.59 Å². The molecule has 3 aromatic carbocycles. The summed E-state index contributed by atoms with van der Waals surface area (Å²) in [4.78, 5) is 35.8. The normalized spacial score (nSPS) is 10.8. The zero-order valence-corrected chi connectivity index (χ0v) is 19.7. The Morgan fingerprint density at radius 2 is 1.51 bits per heavy atom. The Morgan fingerprint density at radius 1 is 0.857 bits per heavy atom. The van der Waals surface area contributed by atoms with E-state index in [1.807, 2.05) is 84.9 Å². The number of nitrogens with zero attached hydrogens (tertiary/aromatic N) is 2. The summed E-state index contributed by atoms with van der Waals surface area (Å²) >= 11 is 1.10. The Hall–Kier alpha value is -4.36. The second-order valence-corrected chi connectivity index (χ2v) is 8.67. The van der Waals surface area contributed by atoms with Crippen molar-refractivity contribution in [1.82, 2.24) is 9.97 Å². The highest BCUT2D eigenvalue weighted by Gasteiger charge is 2.22. The van der Waals surface area contributed by atoms with Crippen molar-refractivity contribution in [3.05, 3.63) is 101 Å². The predicted molar refractivity (Wildman–Crippen MR) is 139 cm³/mol. The van der Waals surface area contributed by atoms with Crippen LogP contribution in [-0.4, -0.2) is 28.5 Å². The molecule has 7 heteroatoms. The van der Waals surface area contributed by atoms with Crippen LogP contribution >= 0.6 is 11.3 Å². The summed E-state index contributed by atoms with van der Waals surface area (Å²) in [7, 11) is 0. The smallest absolute Gasteiger partial charge is 0.350 e. The SMILES string of the molecule is CCOC(=O)c1sc(NC(=O)c2cc(-c3ccccc3)nc3ccccc23)nc1-c1ccccc1. The van der Waals surface area contributed by atoms with E-state index < -0.39 is 5.97 Å². The number of benzene rings is 3. The lowest BCUT2D eigenvalue weighted by molar-refractivity contribution is 0.0532. The quantitative estimate of drug-likeness (QED) is 0.283. The molecule has 0 fully saturated rings.